The minimum Gasteiger partial charge on any atom is -0.597 e. The molecule has 0 amide bonds. The molecule has 1 aliphatic rings. The van der Waals surface area contributed by atoms with E-state index in [1.807, 2.05) is 45.0 Å². The van der Waals surface area contributed by atoms with Gasteiger partial charge in [-0.25, -0.2) is 0 Å². The summed E-state index contributed by atoms with van der Waals surface area (Å²) >= 11 is -1.08. The predicted octanol–water partition coefficient (Wildman–Crippen LogP) is 4.03. The van der Waals surface area contributed by atoms with Gasteiger partial charge in [-0.2, -0.15) is 0 Å². The highest BCUT2D eigenvalue weighted by Crippen LogP contribution is 2.28. The van der Waals surface area contributed by atoms with Crippen LogP contribution in [0.15, 0.2) is 42.7 Å². The molecule has 0 N–H and O–H groups in total. The molecule has 1 aromatic carbocycles. The molecule has 4 heteroatoms. The van der Waals surface area contributed by atoms with Crippen molar-refractivity contribution in [2.24, 2.45) is 0 Å². The molecule has 0 bridgehead atoms. The van der Waals surface area contributed by atoms with E-state index in [4.69, 9.17) is 4.74 Å². The molecule has 0 aromatic heterocycles. The minimum absolute atomic E-state index is 0.0972. The maximum atomic E-state index is 13.0. The quantitative estimate of drug-likeness (QED) is 0.768. The SMILES string of the molecule is C[C@H]([C@@H]1CCC=CO1)N(Cc1ccccc1)[S@+]([O-])C(C)(C)C. The molecule has 0 radical (unpaired) electrons. The Hall–Kier alpha value is -0.970. The zero-order valence-corrected chi connectivity index (χ0v) is 14.8. The first-order chi connectivity index (χ1) is 10.4. The van der Waals surface area contributed by atoms with Gasteiger partial charge in [0.1, 0.15) is 10.9 Å². The van der Waals surface area contributed by atoms with Crippen LogP contribution in [0.3, 0.4) is 0 Å². The van der Waals surface area contributed by atoms with Crippen LogP contribution >= 0.6 is 0 Å². The van der Waals surface area contributed by atoms with Gasteiger partial charge in [0.2, 0.25) is 0 Å². The summed E-state index contributed by atoms with van der Waals surface area (Å²) in [7, 11) is 0. The van der Waals surface area contributed by atoms with Gasteiger partial charge in [0.15, 0.2) is 0 Å². The van der Waals surface area contributed by atoms with Crippen LogP contribution in [-0.2, 0) is 22.6 Å². The second kappa shape index (κ2) is 7.53. The summed E-state index contributed by atoms with van der Waals surface area (Å²) in [5.74, 6) is 0. The molecular formula is C18H27NO2S. The number of hydrogen-bond donors (Lipinski definition) is 0. The molecule has 1 heterocycles. The summed E-state index contributed by atoms with van der Waals surface area (Å²) in [6, 6.07) is 10.3. The predicted molar refractivity (Wildman–Crippen MR) is 92.6 cm³/mol. The summed E-state index contributed by atoms with van der Waals surface area (Å²) in [5.41, 5.74) is 1.18. The topological polar surface area (TPSA) is 35.5 Å². The van der Waals surface area contributed by atoms with Crippen LogP contribution in [0, 0.1) is 0 Å². The van der Waals surface area contributed by atoms with Crippen LogP contribution in [0.4, 0.5) is 0 Å². The Morgan fingerprint density at radius 3 is 2.55 bits per heavy atom. The highest BCUT2D eigenvalue weighted by atomic mass is 32.2. The molecule has 22 heavy (non-hydrogen) atoms. The maximum absolute atomic E-state index is 13.0. The Balaban J connectivity index is 2.18. The third-order valence-electron chi connectivity index (χ3n) is 3.88. The van der Waals surface area contributed by atoms with Crippen LogP contribution in [0.25, 0.3) is 0 Å². The average Bonchev–Trinajstić information content (AvgIpc) is 2.52. The molecule has 3 atom stereocenters. The monoisotopic (exact) mass is 321 g/mol. The van der Waals surface area contributed by atoms with Crippen LogP contribution < -0.4 is 0 Å². The standard InChI is InChI=1S/C18H27NO2S/c1-15(17-12-8-9-13-21-17)19(22(20)18(2,3)4)14-16-10-6-5-7-11-16/h5-7,9-11,13,15,17H,8,12,14H2,1-4H3/t15-,17+,22-/m1/s1. The van der Waals surface area contributed by atoms with E-state index in [1.54, 1.807) is 6.26 Å². The molecule has 3 nitrogen and oxygen atoms in total. The van der Waals surface area contributed by atoms with Gasteiger partial charge in [-0.15, -0.1) is 4.31 Å². The highest BCUT2D eigenvalue weighted by Gasteiger charge is 2.39. The summed E-state index contributed by atoms with van der Waals surface area (Å²) in [6.07, 6.45) is 5.93. The van der Waals surface area contributed by atoms with Gasteiger partial charge in [0.05, 0.1) is 18.8 Å². The van der Waals surface area contributed by atoms with Gasteiger partial charge in [0.25, 0.3) is 0 Å². The van der Waals surface area contributed by atoms with Crippen molar-refractivity contribution in [2.45, 2.75) is 64.0 Å². The number of ether oxygens (including phenoxy) is 1. The van der Waals surface area contributed by atoms with Gasteiger partial charge in [0, 0.05) is 11.4 Å². The Morgan fingerprint density at radius 1 is 1.32 bits per heavy atom. The van der Waals surface area contributed by atoms with Crippen molar-refractivity contribution in [2.75, 3.05) is 0 Å². The third kappa shape index (κ3) is 4.51. The maximum Gasteiger partial charge on any atom is 0.137 e. The Bertz CT molecular complexity index is 484. The molecule has 1 aromatic rings. The Morgan fingerprint density at radius 2 is 2.00 bits per heavy atom. The van der Waals surface area contributed by atoms with Crippen molar-refractivity contribution in [3.63, 3.8) is 0 Å². The normalized spacial score (nSPS) is 21.5. The first kappa shape index (κ1) is 17.4. The second-order valence-electron chi connectivity index (χ2n) is 6.79. The van der Waals surface area contributed by atoms with E-state index in [0.717, 1.165) is 12.8 Å². The first-order valence-corrected chi connectivity index (χ1v) is 9.03. The van der Waals surface area contributed by atoms with Gasteiger partial charge >= 0.3 is 0 Å². The van der Waals surface area contributed by atoms with Crippen LogP contribution in [0.2, 0.25) is 0 Å². The fourth-order valence-electron chi connectivity index (χ4n) is 2.56. The number of hydrogen-bond acceptors (Lipinski definition) is 3. The summed E-state index contributed by atoms with van der Waals surface area (Å²) in [6.45, 7) is 8.87. The lowest BCUT2D eigenvalue weighted by molar-refractivity contribution is 0.0612. The molecule has 0 saturated heterocycles. The van der Waals surface area contributed by atoms with Crippen molar-refractivity contribution in [3.8, 4) is 0 Å². The van der Waals surface area contributed by atoms with Crippen LogP contribution in [0.5, 0.6) is 0 Å². The van der Waals surface area contributed by atoms with Crippen LogP contribution in [0.1, 0.15) is 46.1 Å². The van der Waals surface area contributed by atoms with Gasteiger partial charge in [-0.05, 0) is 52.2 Å². The second-order valence-corrected chi connectivity index (χ2v) is 8.98. The van der Waals surface area contributed by atoms with Gasteiger partial charge < -0.3 is 9.29 Å². The van der Waals surface area contributed by atoms with E-state index in [-0.39, 0.29) is 16.9 Å². The molecular weight excluding hydrogens is 294 g/mol. The van der Waals surface area contributed by atoms with Crippen LogP contribution in [-0.4, -0.2) is 25.8 Å². The molecule has 0 aliphatic carbocycles. The van der Waals surface area contributed by atoms with Crippen molar-refractivity contribution >= 4 is 11.4 Å². The van der Waals surface area contributed by atoms with Crippen molar-refractivity contribution in [3.05, 3.63) is 48.2 Å². The van der Waals surface area contributed by atoms with Crippen molar-refractivity contribution in [1.29, 1.82) is 0 Å². The molecule has 0 unspecified atom stereocenters. The number of allylic oxidation sites excluding steroid dienone is 1. The molecule has 0 fully saturated rings. The molecule has 2 rings (SSSR count). The number of benzene rings is 1. The zero-order valence-electron chi connectivity index (χ0n) is 14.0. The highest BCUT2D eigenvalue weighted by molar-refractivity contribution is 7.90. The van der Waals surface area contributed by atoms with E-state index < -0.39 is 11.4 Å². The van der Waals surface area contributed by atoms with E-state index in [0.29, 0.717) is 6.54 Å². The van der Waals surface area contributed by atoms with Gasteiger partial charge in [-0.1, -0.05) is 30.3 Å². The van der Waals surface area contributed by atoms with Crippen molar-refractivity contribution in [1.82, 2.24) is 4.31 Å². The molecule has 1 aliphatic heterocycles. The van der Waals surface area contributed by atoms with Crippen molar-refractivity contribution < 1.29 is 9.29 Å². The van der Waals surface area contributed by atoms with E-state index >= 15 is 0 Å². The summed E-state index contributed by atoms with van der Waals surface area (Å²) in [5, 5.41) is 0. The average molecular weight is 321 g/mol. The zero-order chi connectivity index (χ0) is 16.2. The smallest absolute Gasteiger partial charge is 0.137 e. The molecule has 122 valence electrons. The van der Waals surface area contributed by atoms with Gasteiger partial charge in [-0.3, -0.25) is 0 Å². The largest absolute Gasteiger partial charge is 0.597 e. The lowest BCUT2D eigenvalue weighted by Gasteiger charge is -2.39. The third-order valence-corrected chi connectivity index (χ3v) is 5.81. The van der Waals surface area contributed by atoms with E-state index in [1.165, 1.54) is 5.56 Å². The first-order valence-electron chi connectivity index (χ1n) is 7.92. The number of rotatable bonds is 5. The molecule has 0 spiro atoms. The fraction of sp³-hybridized carbons (Fsp3) is 0.556. The Kier molecular flexibility index (Phi) is 5.95. The summed E-state index contributed by atoms with van der Waals surface area (Å²) < 4.78 is 20.6. The lowest BCUT2D eigenvalue weighted by Crippen LogP contribution is -2.51. The summed E-state index contributed by atoms with van der Waals surface area (Å²) in [4.78, 5) is 0. The Labute approximate surface area is 137 Å². The lowest BCUT2D eigenvalue weighted by atomic mass is 10.1. The molecule has 0 saturated carbocycles. The number of nitrogens with zero attached hydrogens (tertiary/aromatic N) is 1. The fourth-order valence-corrected chi connectivity index (χ4v) is 3.97. The van der Waals surface area contributed by atoms with E-state index in [9.17, 15) is 4.55 Å². The van der Waals surface area contributed by atoms with E-state index in [2.05, 4.69) is 23.4 Å². The minimum atomic E-state index is -1.08.